The maximum absolute atomic E-state index is 12.7. The Morgan fingerprint density at radius 1 is 1.04 bits per heavy atom. The van der Waals surface area contributed by atoms with Gasteiger partial charge in [-0.2, -0.15) is 11.3 Å². The molecule has 0 aliphatic carbocycles. The minimum absolute atomic E-state index is 0.266. The Morgan fingerprint density at radius 3 is 2.58 bits per heavy atom. The van der Waals surface area contributed by atoms with Gasteiger partial charge in [-0.3, -0.25) is 0 Å². The van der Waals surface area contributed by atoms with E-state index < -0.39 is 10.0 Å². The lowest BCUT2D eigenvalue weighted by atomic mass is 10.0. The molecule has 3 aromatic rings. The van der Waals surface area contributed by atoms with Gasteiger partial charge in [-0.05, 0) is 64.6 Å². The Balaban J connectivity index is 1.87. The molecule has 0 fully saturated rings. The number of thiophene rings is 1. The standard InChI is InChI=1S/C19H19NO2S2/c1-14-7-8-15(2)19(11-14)24(21,22)20-12-16-5-3-4-6-18(16)17-9-10-23-13-17/h3-11,13,20H,12H2,1-2H3. The van der Waals surface area contributed by atoms with Gasteiger partial charge in [-0.15, -0.1) is 0 Å². The Hall–Kier alpha value is -1.95. The van der Waals surface area contributed by atoms with Gasteiger partial charge < -0.3 is 0 Å². The van der Waals surface area contributed by atoms with Crippen LogP contribution >= 0.6 is 11.3 Å². The van der Waals surface area contributed by atoms with Crippen molar-refractivity contribution in [1.82, 2.24) is 4.72 Å². The highest BCUT2D eigenvalue weighted by molar-refractivity contribution is 7.89. The zero-order chi connectivity index (χ0) is 17.2. The molecular formula is C19H19NO2S2. The molecule has 24 heavy (non-hydrogen) atoms. The normalized spacial score (nSPS) is 11.6. The van der Waals surface area contributed by atoms with Crippen LogP contribution in [0.5, 0.6) is 0 Å². The third-order valence-electron chi connectivity index (χ3n) is 3.94. The molecule has 1 N–H and O–H groups in total. The van der Waals surface area contributed by atoms with Crippen molar-refractivity contribution in [1.29, 1.82) is 0 Å². The summed E-state index contributed by atoms with van der Waals surface area (Å²) in [6, 6.07) is 15.4. The van der Waals surface area contributed by atoms with Gasteiger partial charge in [0.15, 0.2) is 0 Å². The number of hydrogen-bond acceptors (Lipinski definition) is 3. The van der Waals surface area contributed by atoms with Crippen LogP contribution in [-0.2, 0) is 16.6 Å². The highest BCUT2D eigenvalue weighted by Gasteiger charge is 2.17. The smallest absolute Gasteiger partial charge is 0.207 e. The SMILES string of the molecule is Cc1ccc(C)c(S(=O)(=O)NCc2ccccc2-c2ccsc2)c1. The molecule has 3 rings (SSSR count). The van der Waals surface area contributed by atoms with E-state index in [-0.39, 0.29) is 6.54 Å². The summed E-state index contributed by atoms with van der Waals surface area (Å²) in [6.45, 7) is 3.97. The van der Waals surface area contributed by atoms with E-state index in [9.17, 15) is 8.42 Å². The van der Waals surface area contributed by atoms with Crippen molar-refractivity contribution in [2.45, 2.75) is 25.3 Å². The molecule has 1 aromatic heterocycles. The molecule has 0 radical (unpaired) electrons. The van der Waals surface area contributed by atoms with Crippen LogP contribution in [0.3, 0.4) is 0 Å². The average Bonchev–Trinajstić information content (AvgIpc) is 3.10. The molecule has 124 valence electrons. The molecule has 1 heterocycles. The predicted octanol–water partition coefficient (Wildman–Crippen LogP) is 4.51. The second kappa shape index (κ2) is 6.89. The van der Waals surface area contributed by atoms with Gasteiger partial charge in [0.2, 0.25) is 10.0 Å². The largest absolute Gasteiger partial charge is 0.241 e. The van der Waals surface area contributed by atoms with E-state index >= 15 is 0 Å². The van der Waals surface area contributed by atoms with Crippen LogP contribution in [-0.4, -0.2) is 8.42 Å². The van der Waals surface area contributed by atoms with E-state index in [4.69, 9.17) is 0 Å². The summed E-state index contributed by atoms with van der Waals surface area (Å²) in [5, 5.41) is 4.09. The lowest BCUT2D eigenvalue weighted by Crippen LogP contribution is -2.24. The van der Waals surface area contributed by atoms with Crippen LogP contribution in [0.15, 0.2) is 64.2 Å². The molecule has 2 aromatic carbocycles. The van der Waals surface area contributed by atoms with E-state index in [1.165, 1.54) is 0 Å². The first-order valence-electron chi connectivity index (χ1n) is 7.65. The molecule has 0 spiro atoms. The maximum Gasteiger partial charge on any atom is 0.241 e. The van der Waals surface area contributed by atoms with Gasteiger partial charge in [-0.1, -0.05) is 36.4 Å². The second-order valence-electron chi connectivity index (χ2n) is 5.76. The molecule has 0 bridgehead atoms. The van der Waals surface area contributed by atoms with Crippen LogP contribution in [0, 0.1) is 13.8 Å². The van der Waals surface area contributed by atoms with Crippen molar-refractivity contribution < 1.29 is 8.42 Å². The predicted molar refractivity (Wildman–Crippen MR) is 99.7 cm³/mol. The summed E-state index contributed by atoms with van der Waals surface area (Å²) in [5.41, 5.74) is 4.81. The van der Waals surface area contributed by atoms with E-state index in [1.54, 1.807) is 17.4 Å². The third-order valence-corrected chi connectivity index (χ3v) is 6.16. The van der Waals surface area contributed by atoms with Gasteiger partial charge in [0.1, 0.15) is 0 Å². The molecule has 5 heteroatoms. The van der Waals surface area contributed by atoms with Crippen LogP contribution in [0.4, 0.5) is 0 Å². The van der Waals surface area contributed by atoms with Crippen molar-refractivity contribution in [2.24, 2.45) is 0 Å². The Labute approximate surface area is 147 Å². The minimum atomic E-state index is -3.54. The van der Waals surface area contributed by atoms with Crippen molar-refractivity contribution in [3.8, 4) is 11.1 Å². The monoisotopic (exact) mass is 357 g/mol. The van der Waals surface area contributed by atoms with E-state index in [2.05, 4.69) is 10.1 Å². The molecule has 0 unspecified atom stereocenters. The molecule has 0 aliphatic rings. The topological polar surface area (TPSA) is 46.2 Å². The minimum Gasteiger partial charge on any atom is -0.207 e. The molecule has 0 amide bonds. The van der Waals surface area contributed by atoms with Gasteiger partial charge in [0.25, 0.3) is 0 Å². The molecule has 0 atom stereocenters. The molecular weight excluding hydrogens is 338 g/mol. The summed E-state index contributed by atoms with van der Waals surface area (Å²) in [7, 11) is -3.54. The fourth-order valence-electron chi connectivity index (χ4n) is 2.62. The summed E-state index contributed by atoms with van der Waals surface area (Å²) >= 11 is 1.63. The molecule has 0 aliphatic heterocycles. The fraction of sp³-hybridized carbons (Fsp3) is 0.158. The Bertz CT molecular complexity index is 945. The zero-order valence-corrected chi connectivity index (χ0v) is 15.2. The van der Waals surface area contributed by atoms with Crippen molar-refractivity contribution in [3.05, 3.63) is 76.0 Å². The summed E-state index contributed by atoms with van der Waals surface area (Å²) < 4.78 is 28.1. The first kappa shape index (κ1) is 16.9. The Kier molecular flexibility index (Phi) is 4.85. The van der Waals surface area contributed by atoms with E-state index in [0.29, 0.717) is 4.90 Å². The van der Waals surface area contributed by atoms with Crippen molar-refractivity contribution in [3.63, 3.8) is 0 Å². The van der Waals surface area contributed by atoms with E-state index in [1.807, 2.05) is 61.7 Å². The number of aryl methyl sites for hydroxylation is 2. The summed E-state index contributed by atoms with van der Waals surface area (Å²) in [5.74, 6) is 0. The number of benzene rings is 2. The van der Waals surface area contributed by atoms with Gasteiger partial charge in [0.05, 0.1) is 4.90 Å². The quantitative estimate of drug-likeness (QED) is 0.730. The Morgan fingerprint density at radius 2 is 1.83 bits per heavy atom. The van der Waals surface area contributed by atoms with Crippen LogP contribution in [0.1, 0.15) is 16.7 Å². The number of sulfonamides is 1. The van der Waals surface area contributed by atoms with Gasteiger partial charge in [-0.25, -0.2) is 13.1 Å². The number of hydrogen-bond donors (Lipinski definition) is 1. The van der Waals surface area contributed by atoms with Gasteiger partial charge >= 0.3 is 0 Å². The third kappa shape index (κ3) is 3.59. The van der Waals surface area contributed by atoms with Crippen molar-refractivity contribution >= 4 is 21.4 Å². The fourth-order valence-corrected chi connectivity index (χ4v) is 4.61. The second-order valence-corrected chi connectivity index (χ2v) is 8.28. The van der Waals surface area contributed by atoms with Crippen LogP contribution in [0.2, 0.25) is 0 Å². The lowest BCUT2D eigenvalue weighted by molar-refractivity contribution is 0.580. The highest BCUT2D eigenvalue weighted by atomic mass is 32.2. The molecule has 0 saturated carbocycles. The van der Waals surface area contributed by atoms with Crippen LogP contribution < -0.4 is 4.72 Å². The number of nitrogens with one attached hydrogen (secondary N) is 1. The molecule has 3 nitrogen and oxygen atoms in total. The summed E-state index contributed by atoms with van der Waals surface area (Å²) in [6.07, 6.45) is 0. The zero-order valence-electron chi connectivity index (χ0n) is 13.6. The number of rotatable bonds is 5. The van der Waals surface area contributed by atoms with E-state index in [0.717, 1.165) is 27.8 Å². The summed E-state index contributed by atoms with van der Waals surface area (Å²) in [4.78, 5) is 0.343. The molecule has 0 saturated heterocycles. The van der Waals surface area contributed by atoms with Crippen molar-refractivity contribution in [2.75, 3.05) is 0 Å². The first-order chi connectivity index (χ1) is 11.5. The van der Waals surface area contributed by atoms with Crippen LogP contribution in [0.25, 0.3) is 11.1 Å². The lowest BCUT2D eigenvalue weighted by Gasteiger charge is -2.12. The maximum atomic E-state index is 12.7. The highest BCUT2D eigenvalue weighted by Crippen LogP contribution is 2.26. The average molecular weight is 358 g/mol. The van der Waals surface area contributed by atoms with Gasteiger partial charge in [0, 0.05) is 6.54 Å². The first-order valence-corrected chi connectivity index (χ1v) is 10.1.